The van der Waals surface area contributed by atoms with Crippen molar-refractivity contribution in [2.45, 2.75) is 17.3 Å². The molecule has 0 aliphatic rings. The Labute approximate surface area is 133 Å². The summed E-state index contributed by atoms with van der Waals surface area (Å²) in [5.74, 6) is -0.370. The van der Waals surface area contributed by atoms with Crippen molar-refractivity contribution in [2.75, 3.05) is 6.54 Å². The molecule has 0 unspecified atom stereocenters. The van der Waals surface area contributed by atoms with Crippen molar-refractivity contribution in [3.8, 4) is 0 Å². The molecule has 0 fully saturated rings. The number of carbonyl (C=O) groups excluding carboxylic acids is 2. The quantitative estimate of drug-likeness (QED) is 0.828. The van der Waals surface area contributed by atoms with E-state index in [1.54, 1.807) is 13.1 Å². The van der Waals surface area contributed by atoms with Gasteiger partial charge in [0, 0.05) is 26.0 Å². The lowest BCUT2D eigenvalue weighted by Gasteiger charge is -2.16. The predicted octanol–water partition coefficient (Wildman–Crippen LogP) is 2.10. The third kappa shape index (κ3) is 4.11. The van der Waals surface area contributed by atoms with Gasteiger partial charge in [-0.1, -0.05) is 42.1 Å². The van der Waals surface area contributed by atoms with E-state index >= 15 is 0 Å². The van der Waals surface area contributed by atoms with Crippen molar-refractivity contribution in [1.82, 2.24) is 20.2 Å². The van der Waals surface area contributed by atoms with Crippen molar-refractivity contribution in [2.24, 2.45) is 7.05 Å². The second kappa shape index (κ2) is 7.65. The van der Waals surface area contributed by atoms with Crippen LogP contribution in [-0.2, 0) is 11.8 Å². The number of hydrogen-bond donors (Lipinski definition) is 2. The lowest BCUT2D eigenvalue weighted by molar-refractivity contribution is -0.119. The van der Waals surface area contributed by atoms with Crippen molar-refractivity contribution in [3.63, 3.8) is 0 Å². The summed E-state index contributed by atoms with van der Waals surface area (Å²) in [6, 6.07) is 8.83. The number of imide groups is 1. The molecule has 2 N–H and O–H groups in total. The second-order valence-electron chi connectivity index (χ2n) is 4.58. The van der Waals surface area contributed by atoms with Crippen LogP contribution in [0.2, 0.25) is 0 Å². The molecule has 0 aliphatic carbocycles. The van der Waals surface area contributed by atoms with Gasteiger partial charge in [-0.3, -0.25) is 10.1 Å². The maximum atomic E-state index is 12.4. The predicted molar refractivity (Wildman–Crippen MR) is 85.5 cm³/mol. The van der Waals surface area contributed by atoms with Gasteiger partial charge in [0.1, 0.15) is 5.25 Å². The number of urea groups is 1. The summed E-state index contributed by atoms with van der Waals surface area (Å²) in [5, 5.41) is 5.07. The van der Waals surface area contributed by atoms with Gasteiger partial charge >= 0.3 is 6.03 Å². The molecule has 1 atom stereocenters. The number of thioether (sulfide) groups is 1. The van der Waals surface area contributed by atoms with E-state index in [0.29, 0.717) is 11.7 Å². The highest BCUT2D eigenvalue weighted by molar-refractivity contribution is 8.00. The summed E-state index contributed by atoms with van der Waals surface area (Å²) in [6.07, 6.45) is 3.48. The maximum Gasteiger partial charge on any atom is 0.321 e. The summed E-state index contributed by atoms with van der Waals surface area (Å²) >= 11 is 1.30. The number of aryl methyl sites for hydroxylation is 1. The van der Waals surface area contributed by atoms with Crippen LogP contribution in [0, 0.1) is 0 Å². The summed E-state index contributed by atoms with van der Waals surface area (Å²) in [4.78, 5) is 28.2. The molecular formula is C15H18N4O2S. The number of imidazole rings is 1. The number of nitrogens with zero attached hydrogens (tertiary/aromatic N) is 2. The van der Waals surface area contributed by atoms with Gasteiger partial charge in [-0.15, -0.1) is 0 Å². The zero-order chi connectivity index (χ0) is 15.9. The number of benzene rings is 1. The minimum Gasteiger partial charge on any atom is -0.338 e. The van der Waals surface area contributed by atoms with Crippen LogP contribution in [0.3, 0.4) is 0 Å². The first-order valence-corrected chi connectivity index (χ1v) is 7.77. The number of nitrogens with one attached hydrogen (secondary N) is 2. The summed E-state index contributed by atoms with van der Waals surface area (Å²) in [6.45, 7) is 2.25. The average molecular weight is 318 g/mol. The number of rotatable bonds is 5. The van der Waals surface area contributed by atoms with Crippen molar-refractivity contribution < 1.29 is 9.59 Å². The van der Waals surface area contributed by atoms with Gasteiger partial charge < -0.3 is 9.88 Å². The Hall–Kier alpha value is -2.28. The molecule has 116 valence electrons. The van der Waals surface area contributed by atoms with Crippen LogP contribution in [0.25, 0.3) is 0 Å². The van der Waals surface area contributed by atoms with Crippen LogP contribution in [-0.4, -0.2) is 28.0 Å². The summed E-state index contributed by atoms with van der Waals surface area (Å²) < 4.78 is 1.83. The van der Waals surface area contributed by atoms with Crippen molar-refractivity contribution >= 4 is 23.7 Å². The van der Waals surface area contributed by atoms with Gasteiger partial charge in [0.05, 0.1) is 0 Å². The standard InChI is InChI=1S/C15H18N4O2S/c1-3-16-14(21)18-13(20)12(11-7-5-4-6-8-11)22-15-17-9-10-19(15)2/h4-10,12H,3H2,1-2H3,(H2,16,18,20,21)/t12-/m1/s1. The molecule has 6 nitrogen and oxygen atoms in total. The Kier molecular flexibility index (Phi) is 5.60. The van der Waals surface area contributed by atoms with Crippen molar-refractivity contribution in [3.05, 3.63) is 48.3 Å². The molecule has 2 rings (SSSR count). The summed E-state index contributed by atoms with van der Waals surface area (Å²) in [7, 11) is 1.86. The zero-order valence-corrected chi connectivity index (χ0v) is 13.3. The van der Waals surface area contributed by atoms with Gasteiger partial charge in [-0.25, -0.2) is 9.78 Å². The molecular weight excluding hydrogens is 300 g/mol. The highest BCUT2D eigenvalue weighted by atomic mass is 32.2. The fourth-order valence-electron chi connectivity index (χ4n) is 1.85. The fourth-order valence-corrected chi connectivity index (χ4v) is 2.87. The van der Waals surface area contributed by atoms with Gasteiger partial charge in [0.2, 0.25) is 5.91 Å². The molecule has 1 aromatic heterocycles. The highest BCUT2D eigenvalue weighted by Gasteiger charge is 2.25. The first-order chi connectivity index (χ1) is 10.6. The third-order valence-corrected chi connectivity index (χ3v) is 4.24. The number of amides is 3. The van der Waals surface area contributed by atoms with Crippen LogP contribution in [0.1, 0.15) is 17.7 Å². The summed E-state index contributed by atoms with van der Waals surface area (Å²) in [5.41, 5.74) is 0.817. The van der Waals surface area contributed by atoms with E-state index in [1.165, 1.54) is 11.8 Å². The molecule has 0 spiro atoms. The highest BCUT2D eigenvalue weighted by Crippen LogP contribution is 2.34. The smallest absolute Gasteiger partial charge is 0.321 e. The van der Waals surface area contributed by atoms with Gasteiger partial charge in [0.25, 0.3) is 0 Å². The van der Waals surface area contributed by atoms with Crippen LogP contribution < -0.4 is 10.6 Å². The van der Waals surface area contributed by atoms with Crippen LogP contribution in [0.5, 0.6) is 0 Å². The minimum atomic E-state index is -0.551. The largest absolute Gasteiger partial charge is 0.338 e. The van der Waals surface area contributed by atoms with Crippen LogP contribution in [0.15, 0.2) is 47.9 Å². The monoisotopic (exact) mass is 318 g/mol. The van der Waals surface area contributed by atoms with Crippen LogP contribution in [0.4, 0.5) is 4.79 Å². The zero-order valence-electron chi connectivity index (χ0n) is 12.4. The van der Waals surface area contributed by atoms with E-state index in [-0.39, 0.29) is 5.91 Å². The topological polar surface area (TPSA) is 76.0 Å². The van der Waals surface area contributed by atoms with E-state index < -0.39 is 11.3 Å². The minimum absolute atomic E-state index is 0.370. The molecule has 3 amide bonds. The Bertz CT molecular complexity index is 642. The number of hydrogen-bond acceptors (Lipinski definition) is 4. The number of aromatic nitrogens is 2. The van der Waals surface area contributed by atoms with Crippen molar-refractivity contribution in [1.29, 1.82) is 0 Å². The lowest BCUT2D eigenvalue weighted by Crippen LogP contribution is -2.41. The molecule has 0 bridgehead atoms. The molecule has 0 saturated heterocycles. The first kappa shape index (κ1) is 16.1. The molecule has 1 aromatic carbocycles. The maximum absolute atomic E-state index is 12.4. The molecule has 0 aliphatic heterocycles. The molecule has 0 radical (unpaired) electrons. The third-order valence-electron chi connectivity index (χ3n) is 2.91. The fraction of sp³-hybridized carbons (Fsp3) is 0.267. The SMILES string of the molecule is CCNC(=O)NC(=O)[C@H](Sc1nccn1C)c1ccccc1. The second-order valence-corrected chi connectivity index (χ2v) is 5.65. The van der Waals surface area contributed by atoms with E-state index in [2.05, 4.69) is 15.6 Å². The number of carbonyl (C=O) groups is 2. The van der Waals surface area contributed by atoms with E-state index in [9.17, 15) is 9.59 Å². The van der Waals surface area contributed by atoms with Gasteiger partial charge in [0.15, 0.2) is 5.16 Å². The Morgan fingerprint density at radius 2 is 2.05 bits per heavy atom. The average Bonchev–Trinajstić information content (AvgIpc) is 2.91. The van der Waals surface area contributed by atoms with Crippen LogP contribution >= 0.6 is 11.8 Å². The first-order valence-electron chi connectivity index (χ1n) is 6.89. The van der Waals surface area contributed by atoms with E-state index in [0.717, 1.165) is 5.56 Å². The molecule has 22 heavy (non-hydrogen) atoms. The molecule has 2 aromatic rings. The lowest BCUT2D eigenvalue weighted by atomic mass is 10.1. The normalized spacial score (nSPS) is 11.7. The molecule has 7 heteroatoms. The van der Waals surface area contributed by atoms with E-state index in [4.69, 9.17) is 0 Å². The van der Waals surface area contributed by atoms with Gasteiger partial charge in [-0.2, -0.15) is 0 Å². The van der Waals surface area contributed by atoms with E-state index in [1.807, 2.05) is 48.1 Å². The molecule has 1 heterocycles. The Morgan fingerprint density at radius 3 is 2.64 bits per heavy atom. The van der Waals surface area contributed by atoms with Gasteiger partial charge in [-0.05, 0) is 12.5 Å². The Morgan fingerprint density at radius 1 is 1.32 bits per heavy atom. The Balaban J connectivity index is 2.20. The molecule has 0 saturated carbocycles.